The minimum absolute atomic E-state index is 0.0356. The van der Waals surface area contributed by atoms with E-state index in [1.54, 1.807) is 48.5 Å². The Bertz CT molecular complexity index is 1120. The van der Waals surface area contributed by atoms with Crippen molar-refractivity contribution in [3.63, 3.8) is 0 Å². The number of hydrogen-bond acceptors (Lipinski definition) is 8. The van der Waals surface area contributed by atoms with Crippen molar-refractivity contribution < 1.29 is 19.1 Å². The molecule has 0 fully saturated rings. The van der Waals surface area contributed by atoms with Crippen LogP contribution in [-0.4, -0.2) is 26.2 Å². The Hall–Kier alpha value is -4.56. The standard InChI is InChI=1S/C24H20N4O4/c1-31-23(29)17-11-22(28-20-10-6-4-8-16(20)14-26)18(24(30)32-2)12-21(17)27-19-9-5-3-7-15(19)13-25/h3-10,27-28H,11-12H2,1-2H3. The Morgan fingerprint density at radius 3 is 1.47 bits per heavy atom. The molecule has 2 N–H and O–H groups in total. The normalized spacial score (nSPS) is 13.0. The molecule has 0 unspecified atom stereocenters. The number of carbonyl (C=O) groups excluding carboxylic acids is 2. The Balaban J connectivity index is 2.05. The van der Waals surface area contributed by atoms with Crippen LogP contribution in [0.2, 0.25) is 0 Å². The molecule has 3 rings (SSSR count). The van der Waals surface area contributed by atoms with E-state index >= 15 is 0 Å². The number of allylic oxidation sites excluding steroid dienone is 2. The van der Waals surface area contributed by atoms with Gasteiger partial charge >= 0.3 is 11.9 Å². The molecule has 32 heavy (non-hydrogen) atoms. The maximum Gasteiger partial charge on any atom is 0.335 e. The number of nitriles is 2. The van der Waals surface area contributed by atoms with Gasteiger partial charge < -0.3 is 20.1 Å². The van der Waals surface area contributed by atoms with Crippen molar-refractivity contribution in [1.29, 1.82) is 10.5 Å². The molecule has 160 valence electrons. The summed E-state index contributed by atoms with van der Waals surface area (Å²) in [6.07, 6.45) is 0.0713. The zero-order chi connectivity index (χ0) is 23.1. The molecule has 1 aliphatic rings. The molecule has 0 bridgehead atoms. The van der Waals surface area contributed by atoms with Gasteiger partial charge in [-0.1, -0.05) is 24.3 Å². The van der Waals surface area contributed by atoms with Crippen LogP contribution in [0.1, 0.15) is 24.0 Å². The Morgan fingerprint density at radius 2 is 1.12 bits per heavy atom. The van der Waals surface area contributed by atoms with Crippen LogP contribution in [0.4, 0.5) is 11.4 Å². The fourth-order valence-corrected chi connectivity index (χ4v) is 3.36. The van der Waals surface area contributed by atoms with E-state index < -0.39 is 11.9 Å². The second kappa shape index (κ2) is 9.96. The van der Waals surface area contributed by atoms with Crippen molar-refractivity contribution in [3.05, 3.63) is 82.2 Å². The van der Waals surface area contributed by atoms with E-state index in [9.17, 15) is 20.1 Å². The lowest BCUT2D eigenvalue weighted by Crippen LogP contribution is -2.24. The average molecular weight is 428 g/mol. The molecule has 0 aliphatic heterocycles. The van der Waals surface area contributed by atoms with Crippen molar-refractivity contribution in [1.82, 2.24) is 0 Å². The highest BCUT2D eigenvalue weighted by molar-refractivity contribution is 5.96. The summed E-state index contributed by atoms with van der Waals surface area (Å²) < 4.78 is 9.92. The third-order valence-corrected chi connectivity index (χ3v) is 4.97. The van der Waals surface area contributed by atoms with Crippen LogP contribution in [0.3, 0.4) is 0 Å². The first-order valence-electron chi connectivity index (χ1n) is 9.65. The predicted molar refractivity (Wildman–Crippen MR) is 117 cm³/mol. The molecule has 0 atom stereocenters. The van der Waals surface area contributed by atoms with Crippen molar-refractivity contribution in [3.8, 4) is 12.1 Å². The zero-order valence-corrected chi connectivity index (χ0v) is 17.6. The Kier molecular flexibility index (Phi) is 6.89. The van der Waals surface area contributed by atoms with E-state index in [1.165, 1.54) is 14.2 Å². The number of benzene rings is 2. The quantitative estimate of drug-likeness (QED) is 0.669. The highest BCUT2D eigenvalue weighted by atomic mass is 16.5. The van der Waals surface area contributed by atoms with Gasteiger partial charge in [0.25, 0.3) is 0 Å². The van der Waals surface area contributed by atoms with Crippen molar-refractivity contribution in [2.45, 2.75) is 12.8 Å². The van der Waals surface area contributed by atoms with Gasteiger partial charge in [-0.25, -0.2) is 9.59 Å². The van der Waals surface area contributed by atoms with Gasteiger partial charge in [-0.05, 0) is 24.3 Å². The first-order chi connectivity index (χ1) is 15.5. The maximum atomic E-state index is 12.6. The smallest absolute Gasteiger partial charge is 0.335 e. The zero-order valence-electron chi connectivity index (χ0n) is 17.6. The van der Waals surface area contributed by atoms with Gasteiger partial charge in [0.1, 0.15) is 12.1 Å². The molecule has 0 spiro atoms. The molecule has 0 heterocycles. The Labute approximate surface area is 185 Å². The molecule has 0 aromatic heterocycles. The Morgan fingerprint density at radius 1 is 0.750 bits per heavy atom. The average Bonchev–Trinajstić information content (AvgIpc) is 2.84. The number of anilines is 2. The lowest BCUT2D eigenvalue weighted by molar-refractivity contribution is -0.137. The van der Waals surface area contributed by atoms with Crippen LogP contribution in [0, 0.1) is 22.7 Å². The maximum absolute atomic E-state index is 12.6. The summed E-state index contributed by atoms with van der Waals surface area (Å²) in [4.78, 5) is 25.2. The fraction of sp³-hybridized carbons (Fsp3) is 0.167. The van der Waals surface area contributed by atoms with E-state index in [4.69, 9.17) is 9.47 Å². The molecule has 1 aliphatic carbocycles. The van der Waals surface area contributed by atoms with Gasteiger partial charge in [0.15, 0.2) is 0 Å². The van der Waals surface area contributed by atoms with Crippen LogP contribution in [-0.2, 0) is 19.1 Å². The summed E-state index contributed by atoms with van der Waals surface area (Å²) in [7, 11) is 2.54. The van der Waals surface area contributed by atoms with E-state index in [0.717, 1.165) is 0 Å². The van der Waals surface area contributed by atoms with Crippen LogP contribution in [0.25, 0.3) is 0 Å². The molecule has 8 nitrogen and oxygen atoms in total. The second-order valence-corrected chi connectivity index (χ2v) is 6.82. The second-order valence-electron chi connectivity index (χ2n) is 6.82. The third-order valence-electron chi connectivity index (χ3n) is 4.97. The molecule has 0 amide bonds. The molecular formula is C24H20N4O4. The summed E-state index contributed by atoms with van der Waals surface area (Å²) in [6, 6.07) is 17.9. The highest BCUT2D eigenvalue weighted by Crippen LogP contribution is 2.34. The summed E-state index contributed by atoms with van der Waals surface area (Å²) in [5.74, 6) is -1.14. The molecular weight excluding hydrogens is 408 g/mol. The summed E-state index contributed by atoms with van der Waals surface area (Å²) >= 11 is 0. The van der Waals surface area contributed by atoms with Gasteiger partial charge in [0.2, 0.25) is 0 Å². The predicted octanol–water partition coefficient (Wildman–Crippen LogP) is 3.60. The van der Waals surface area contributed by atoms with Gasteiger partial charge in [0, 0.05) is 24.2 Å². The molecule has 2 aromatic carbocycles. The van der Waals surface area contributed by atoms with E-state index in [1.807, 2.05) is 0 Å². The number of hydrogen-bond donors (Lipinski definition) is 2. The van der Waals surface area contributed by atoms with E-state index in [0.29, 0.717) is 45.0 Å². The summed E-state index contributed by atoms with van der Waals surface area (Å²) in [5, 5.41) is 25.0. The third kappa shape index (κ3) is 4.61. The molecule has 8 heteroatoms. The number of ether oxygens (including phenoxy) is 2. The van der Waals surface area contributed by atoms with Gasteiger partial charge in [0.05, 0.1) is 47.9 Å². The van der Waals surface area contributed by atoms with Crippen LogP contribution >= 0.6 is 0 Å². The van der Waals surface area contributed by atoms with E-state index in [-0.39, 0.29) is 12.8 Å². The van der Waals surface area contributed by atoms with Crippen molar-refractivity contribution in [2.75, 3.05) is 24.9 Å². The number of para-hydroxylation sites is 2. The van der Waals surface area contributed by atoms with Gasteiger partial charge in [-0.15, -0.1) is 0 Å². The van der Waals surface area contributed by atoms with Crippen molar-refractivity contribution in [2.24, 2.45) is 0 Å². The van der Waals surface area contributed by atoms with Gasteiger partial charge in [-0.2, -0.15) is 10.5 Å². The summed E-state index contributed by atoms with van der Waals surface area (Å²) in [5.41, 5.74) is 3.23. The monoisotopic (exact) mass is 428 g/mol. The number of carbonyl (C=O) groups is 2. The first-order valence-corrected chi connectivity index (χ1v) is 9.65. The topological polar surface area (TPSA) is 124 Å². The molecule has 0 saturated heterocycles. The minimum Gasteiger partial charge on any atom is -0.466 e. The number of rotatable bonds is 6. The number of esters is 2. The summed E-state index contributed by atoms with van der Waals surface area (Å²) in [6.45, 7) is 0. The molecule has 0 saturated carbocycles. The highest BCUT2D eigenvalue weighted by Gasteiger charge is 2.30. The number of methoxy groups -OCH3 is 2. The largest absolute Gasteiger partial charge is 0.466 e. The molecule has 0 radical (unpaired) electrons. The van der Waals surface area contributed by atoms with Crippen LogP contribution < -0.4 is 10.6 Å². The SMILES string of the molecule is COC(=O)C1=C(Nc2ccccc2C#N)CC(C(=O)OC)=C(Nc2ccccc2C#N)C1. The van der Waals surface area contributed by atoms with Gasteiger partial charge in [-0.3, -0.25) is 0 Å². The lowest BCUT2D eigenvalue weighted by Gasteiger charge is -2.26. The van der Waals surface area contributed by atoms with Crippen molar-refractivity contribution >= 4 is 23.3 Å². The fourth-order valence-electron chi connectivity index (χ4n) is 3.36. The minimum atomic E-state index is -0.571. The first kappa shape index (κ1) is 22.1. The number of nitrogens with zero attached hydrogens (tertiary/aromatic N) is 2. The number of nitrogens with one attached hydrogen (secondary N) is 2. The van der Waals surface area contributed by atoms with Crippen LogP contribution in [0.15, 0.2) is 71.1 Å². The van der Waals surface area contributed by atoms with Crippen LogP contribution in [0.5, 0.6) is 0 Å². The molecule has 2 aromatic rings. The lowest BCUT2D eigenvalue weighted by atomic mass is 9.92. The van der Waals surface area contributed by atoms with E-state index in [2.05, 4.69) is 22.8 Å².